The first-order valence-corrected chi connectivity index (χ1v) is 12.4. The number of esters is 1. The van der Waals surface area contributed by atoms with Gasteiger partial charge < -0.3 is 20.1 Å². The molecule has 7 heteroatoms. The molecule has 0 spiro atoms. The average molecular weight is 483 g/mol. The van der Waals surface area contributed by atoms with Crippen LogP contribution in [0.5, 0.6) is 0 Å². The van der Waals surface area contributed by atoms with Crippen LogP contribution in [0, 0.1) is 0 Å². The Hall–Kier alpha value is -3.35. The van der Waals surface area contributed by atoms with Gasteiger partial charge in [-0.3, -0.25) is 4.79 Å². The van der Waals surface area contributed by atoms with E-state index in [1.54, 1.807) is 0 Å². The molecule has 0 aliphatic heterocycles. The van der Waals surface area contributed by atoms with E-state index in [2.05, 4.69) is 17.6 Å². The van der Waals surface area contributed by atoms with Gasteiger partial charge in [0.05, 0.1) is 7.11 Å². The van der Waals surface area contributed by atoms with Crippen LogP contribution in [0.15, 0.2) is 60.7 Å². The van der Waals surface area contributed by atoms with Crippen molar-refractivity contribution in [3.05, 3.63) is 71.8 Å². The Balaban J connectivity index is 2.00. The number of carbonyl (C=O) groups is 3. The van der Waals surface area contributed by atoms with Gasteiger partial charge in [0.25, 0.3) is 0 Å². The van der Waals surface area contributed by atoms with Crippen molar-refractivity contribution >= 4 is 18.0 Å². The summed E-state index contributed by atoms with van der Waals surface area (Å²) in [5.74, 6) is -0.941. The molecule has 2 aromatic carbocycles. The Morgan fingerprint density at radius 1 is 0.771 bits per heavy atom. The Kier molecular flexibility index (Phi) is 13.0. The van der Waals surface area contributed by atoms with Crippen LogP contribution >= 0.6 is 0 Å². The van der Waals surface area contributed by atoms with E-state index < -0.39 is 30.1 Å². The fourth-order valence-corrected chi connectivity index (χ4v) is 3.76. The van der Waals surface area contributed by atoms with Crippen LogP contribution in [0.25, 0.3) is 0 Å². The number of amides is 2. The molecule has 190 valence electrons. The van der Waals surface area contributed by atoms with E-state index in [1.165, 1.54) is 26.4 Å². The zero-order valence-corrected chi connectivity index (χ0v) is 20.8. The second-order valence-electron chi connectivity index (χ2n) is 8.59. The second-order valence-corrected chi connectivity index (χ2v) is 8.59. The van der Waals surface area contributed by atoms with E-state index >= 15 is 0 Å². The number of hydrogen-bond donors (Lipinski definition) is 2. The molecule has 2 rings (SSSR count). The summed E-state index contributed by atoms with van der Waals surface area (Å²) < 4.78 is 10.2. The minimum absolute atomic E-state index is 0.0924. The quantitative estimate of drug-likeness (QED) is 0.277. The highest BCUT2D eigenvalue weighted by molar-refractivity contribution is 5.89. The minimum atomic E-state index is -0.905. The summed E-state index contributed by atoms with van der Waals surface area (Å²) >= 11 is 0. The van der Waals surface area contributed by atoms with Gasteiger partial charge in [-0.2, -0.15) is 0 Å². The lowest BCUT2D eigenvalue weighted by molar-refractivity contribution is -0.145. The summed E-state index contributed by atoms with van der Waals surface area (Å²) in [6.07, 6.45) is 6.48. The molecular weight excluding hydrogens is 444 g/mol. The summed E-state index contributed by atoms with van der Waals surface area (Å²) in [7, 11) is 1.31. The van der Waals surface area contributed by atoms with Crippen LogP contribution < -0.4 is 10.6 Å². The van der Waals surface area contributed by atoms with E-state index in [-0.39, 0.29) is 13.0 Å². The molecular formula is C28H38N2O5. The zero-order valence-electron chi connectivity index (χ0n) is 20.8. The van der Waals surface area contributed by atoms with Gasteiger partial charge in [-0.05, 0) is 17.5 Å². The number of alkyl carbamates (subject to hydrolysis) is 1. The highest BCUT2D eigenvalue weighted by Crippen LogP contribution is 2.11. The van der Waals surface area contributed by atoms with Gasteiger partial charge in [0.1, 0.15) is 18.7 Å². The molecule has 2 atom stereocenters. The summed E-state index contributed by atoms with van der Waals surface area (Å²) in [5.41, 5.74) is 1.72. The second kappa shape index (κ2) is 16.3. The van der Waals surface area contributed by atoms with Crippen molar-refractivity contribution in [2.45, 2.75) is 77.0 Å². The molecule has 0 fully saturated rings. The fourth-order valence-electron chi connectivity index (χ4n) is 3.76. The molecule has 2 amide bonds. The van der Waals surface area contributed by atoms with Gasteiger partial charge in [-0.15, -0.1) is 0 Å². The molecule has 0 aromatic heterocycles. The van der Waals surface area contributed by atoms with Crippen LogP contribution in [-0.2, 0) is 32.1 Å². The number of unbranched alkanes of at least 4 members (excludes halogenated alkanes) is 5. The lowest BCUT2D eigenvalue weighted by atomic mass is 10.0. The third kappa shape index (κ3) is 11.1. The lowest BCUT2D eigenvalue weighted by Gasteiger charge is -2.22. The molecule has 0 unspecified atom stereocenters. The van der Waals surface area contributed by atoms with Crippen molar-refractivity contribution in [1.82, 2.24) is 10.6 Å². The van der Waals surface area contributed by atoms with Crippen molar-refractivity contribution < 1.29 is 23.9 Å². The number of nitrogens with one attached hydrogen (secondary N) is 2. The SMILES string of the molecule is CCCCCCCC[C@H](NC(=O)[C@H](Cc1ccccc1)NC(=O)OCc1ccccc1)C(=O)OC. The number of hydrogen-bond acceptors (Lipinski definition) is 5. The molecule has 2 aromatic rings. The maximum absolute atomic E-state index is 13.2. The van der Waals surface area contributed by atoms with E-state index in [1.807, 2.05) is 60.7 Å². The fraction of sp³-hybridized carbons (Fsp3) is 0.464. The summed E-state index contributed by atoms with van der Waals surface area (Å²) in [6, 6.07) is 17.0. The van der Waals surface area contributed by atoms with Crippen molar-refractivity contribution in [3.8, 4) is 0 Å². The molecule has 7 nitrogen and oxygen atoms in total. The summed E-state index contributed by atoms with van der Waals surface area (Å²) in [5, 5.41) is 5.45. The summed E-state index contributed by atoms with van der Waals surface area (Å²) in [6.45, 7) is 2.26. The Labute approximate surface area is 208 Å². The van der Waals surface area contributed by atoms with Gasteiger partial charge in [0.2, 0.25) is 5.91 Å². The molecule has 0 aliphatic carbocycles. The number of ether oxygens (including phenoxy) is 2. The maximum atomic E-state index is 13.2. The maximum Gasteiger partial charge on any atom is 0.408 e. The minimum Gasteiger partial charge on any atom is -0.467 e. The van der Waals surface area contributed by atoms with E-state index in [9.17, 15) is 14.4 Å². The van der Waals surface area contributed by atoms with Gasteiger partial charge in [-0.1, -0.05) is 106 Å². The van der Waals surface area contributed by atoms with Crippen LogP contribution in [-0.4, -0.2) is 37.2 Å². The van der Waals surface area contributed by atoms with Crippen molar-refractivity contribution in [2.75, 3.05) is 7.11 Å². The largest absolute Gasteiger partial charge is 0.467 e. The molecule has 0 heterocycles. The van der Waals surface area contributed by atoms with Crippen LogP contribution in [0.3, 0.4) is 0 Å². The summed E-state index contributed by atoms with van der Waals surface area (Å²) in [4.78, 5) is 38.0. The topological polar surface area (TPSA) is 93.7 Å². The van der Waals surface area contributed by atoms with Crippen molar-refractivity contribution in [3.63, 3.8) is 0 Å². The van der Waals surface area contributed by atoms with Gasteiger partial charge in [-0.25, -0.2) is 9.59 Å². The molecule has 0 bridgehead atoms. The first-order valence-electron chi connectivity index (χ1n) is 12.4. The van der Waals surface area contributed by atoms with Crippen LogP contribution in [0.2, 0.25) is 0 Å². The Morgan fingerprint density at radius 2 is 1.37 bits per heavy atom. The normalized spacial score (nSPS) is 12.3. The van der Waals surface area contributed by atoms with Crippen molar-refractivity contribution in [1.29, 1.82) is 0 Å². The molecule has 0 saturated heterocycles. The van der Waals surface area contributed by atoms with E-state index in [0.29, 0.717) is 6.42 Å². The Morgan fingerprint density at radius 3 is 2.00 bits per heavy atom. The first kappa shape index (κ1) is 27.9. The first-order chi connectivity index (χ1) is 17.0. The highest BCUT2D eigenvalue weighted by atomic mass is 16.5. The number of benzene rings is 2. The van der Waals surface area contributed by atoms with Gasteiger partial charge in [0, 0.05) is 6.42 Å². The highest BCUT2D eigenvalue weighted by Gasteiger charge is 2.27. The molecule has 35 heavy (non-hydrogen) atoms. The van der Waals surface area contributed by atoms with Gasteiger partial charge >= 0.3 is 12.1 Å². The number of carbonyl (C=O) groups excluding carboxylic acids is 3. The standard InChI is InChI=1S/C28H38N2O5/c1-3-4-5-6-7-14-19-24(27(32)34-2)29-26(31)25(20-22-15-10-8-11-16-22)30-28(33)35-21-23-17-12-9-13-18-23/h8-13,15-18,24-25H,3-7,14,19-21H2,1-2H3,(H,29,31)(H,30,33)/t24-,25-/m0/s1. The Bertz CT molecular complexity index is 889. The van der Waals surface area contributed by atoms with Crippen molar-refractivity contribution in [2.24, 2.45) is 0 Å². The smallest absolute Gasteiger partial charge is 0.408 e. The monoisotopic (exact) mass is 482 g/mol. The lowest BCUT2D eigenvalue weighted by Crippen LogP contribution is -2.52. The number of rotatable bonds is 15. The molecule has 0 saturated carbocycles. The molecule has 0 aliphatic rings. The van der Waals surface area contributed by atoms with E-state index in [4.69, 9.17) is 9.47 Å². The average Bonchev–Trinajstić information content (AvgIpc) is 2.89. The van der Waals surface area contributed by atoms with Crippen LogP contribution in [0.1, 0.15) is 63.0 Å². The third-order valence-electron chi connectivity index (χ3n) is 5.75. The zero-order chi connectivity index (χ0) is 25.3. The molecule has 0 radical (unpaired) electrons. The molecule has 2 N–H and O–H groups in total. The predicted octanol–water partition coefficient (Wildman–Crippen LogP) is 4.93. The van der Waals surface area contributed by atoms with Gasteiger partial charge in [0.15, 0.2) is 0 Å². The van der Waals surface area contributed by atoms with Crippen LogP contribution in [0.4, 0.5) is 4.79 Å². The predicted molar refractivity (Wildman–Crippen MR) is 136 cm³/mol. The third-order valence-corrected chi connectivity index (χ3v) is 5.75. The van der Waals surface area contributed by atoms with E-state index in [0.717, 1.165) is 30.4 Å². The number of methoxy groups -OCH3 is 1.